The van der Waals surface area contributed by atoms with Crippen LogP contribution in [0.3, 0.4) is 0 Å². The molecule has 1 heterocycles. The lowest BCUT2D eigenvalue weighted by atomic mass is 10.2. The summed E-state index contributed by atoms with van der Waals surface area (Å²) in [5.74, 6) is 0. The molecular weight excluding hydrogens is 435 g/mol. The molecule has 3 rings (SSSR count). The van der Waals surface area contributed by atoms with Crippen molar-refractivity contribution >= 4 is 81.0 Å². The van der Waals surface area contributed by atoms with Crippen molar-refractivity contribution < 1.29 is 0 Å². The van der Waals surface area contributed by atoms with Crippen molar-refractivity contribution in [2.45, 2.75) is 0 Å². The first-order chi connectivity index (χ1) is 11.4. The van der Waals surface area contributed by atoms with Gasteiger partial charge in [0.2, 0.25) is 0 Å². The van der Waals surface area contributed by atoms with E-state index in [2.05, 4.69) is 5.32 Å². The summed E-state index contributed by atoms with van der Waals surface area (Å²) in [6, 6.07) is 7.10. The molecule has 3 nitrogen and oxygen atoms in total. The third kappa shape index (κ3) is 3.49. The average molecular weight is 446 g/mol. The molecule has 1 N–H and O–H groups in total. The van der Waals surface area contributed by atoms with Crippen LogP contribution < -0.4 is 15.1 Å². The highest BCUT2D eigenvalue weighted by atomic mass is 35.5. The first kappa shape index (κ1) is 18.5. The molecule has 0 aromatic heterocycles. The summed E-state index contributed by atoms with van der Waals surface area (Å²) >= 11 is 36.9. The second kappa shape index (κ2) is 7.55. The van der Waals surface area contributed by atoms with Gasteiger partial charge in [0.05, 0.1) is 61.5 Å². The van der Waals surface area contributed by atoms with E-state index in [0.717, 1.165) is 11.4 Å². The second-order valence-electron chi connectivity index (χ2n) is 5.18. The van der Waals surface area contributed by atoms with Gasteiger partial charge in [0.25, 0.3) is 0 Å². The van der Waals surface area contributed by atoms with E-state index in [1.807, 2.05) is 21.9 Å². The number of anilines is 2. The predicted molar refractivity (Wildman–Crippen MR) is 106 cm³/mol. The van der Waals surface area contributed by atoms with Crippen LogP contribution in [0.1, 0.15) is 0 Å². The number of rotatable bonds is 2. The summed E-state index contributed by atoms with van der Waals surface area (Å²) in [4.78, 5) is 4.04. The lowest BCUT2D eigenvalue weighted by molar-refractivity contribution is 0.550. The van der Waals surface area contributed by atoms with Crippen molar-refractivity contribution in [3.05, 3.63) is 54.4 Å². The van der Waals surface area contributed by atoms with Crippen LogP contribution in [0, 0.1) is 0 Å². The Morgan fingerprint density at radius 2 is 1.04 bits per heavy atom. The van der Waals surface area contributed by atoms with Crippen LogP contribution in [-0.2, 0) is 0 Å². The fourth-order valence-electron chi connectivity index (χ4n) is 2.47. The summed E-state index contributed by atoms with van der Waals surface area (Å²) in [5.41, 5.74) is 1.55. The average Bonchev–Trinajstić information content (AvgIpc) is 2.58. The topological polar surface area (TPSA) is 18.5 Å². The van der Waals surface area contributed by atoms with Crippen LogP contribution >= 0.6 is 69.6 Å². The molecule has 0 amide bonds. The molecule has 1 saturated heterocycles. The maximum absolute atomic E-state index is 6.33. The Labute approximate surface area is 169 Å². The van der Waals surface area contributed by atoms with E-state index in [0.29, 0.717) is 50.1 Å². The van der Waals surface area contributed by atoms with Gasteiger partial charge in [-0.3, -0.25) is 5.32 Å². The SMILES string of the molecule is Clc1ccc(N2CNCN(c3ccc(Cl)c(Cl)c3Cl)C2)c(Cl)c1Cl. The van der Waals surface area contributed by atoms with Gasteiger partial charge in [-0.2, -0.15) is 0 Å². The summed E-state index contributed by atoms with van der Waals surface area (Å²) < 4.78 is 0. The Hall–Kier alpha value is -0.260. The number of nitrogens with zero attached hydrogens (tertiary/aromatic N) is 2. The molecule has 128 valence electrons. The summed E-state index contributed by atoms with van der Waals surface area (Å²) in [6.07, 6.45) is 0. The zero-order valence-electron chi connectivity index (χ0n) is 12.1. The molecule has 0 radical (unpaired) electrons. The molecule has 0 atom stereocenters. The van der Waals surface area contributed by atoms with E-state index < -0.39 is 0 Å². The Bertz CT molecular complexity index is 719. The van der Waals surface area contributed by atoms with Gasteiger partial charge in [-0.1, -0.05) is 69.6 Å². The number of benzene rings is 2. The zero-order chi connectivity index (χ0) is 17.4. The summed E-state index contributed by atoms with van der Waals surface area (Å²) in [5, 5.41) is 5.61. The third-order valence-electron chi connectivity index (χ3n) is 3.66. The number of hydrogen-bond acceptors (Lipinski definition) is 3. The lowest BCUT2D eigenvalue weighted by Gasteiger charge is -2.39. The van der Waals surface area contributed by atoms with Gasteiger partial charge in [-0.25, -0.2) is 0 Å². The van der Waals surface area contributed by atoms with Crippen LogP contribution in [0.25, 0.3) is 0 Å². The fourth-order valence-corrected chi connectivity index (χ4v) is 3.77. The predicted octanol–water partition coefficient (Wildman–Crippen LogP) is 6.40. The molecule has 1 fully saturated rings. The molecule has 24 heavy (non-hydrogen) atoms. The molecule has 2 aromatic carbocycles. The smallest absolute Gasteiger partial charge is 0.0929 e. The van der Waals surface area contributed by atoms with E-state index >= 15 is 0 Å². The highest BCUT2D eigenvalue weighted by Crippen LogP contribution is 2.40. The van der Waals surface area contributed by atoms with Crippen molar-refractivity contribution in [3.8, 4) is 0 Å². The van der Waals surface area contributed by atoms with E-state index in [9.17, 15) is 0 Å². The highest BCUT2D eigenvalue weighted by molar-refractivity contribution is 6.49. The van der Waals surface area contributed by atoms with Crippen LogP contribution in [0.15, 0.2) is 24.3 Å². The molecule has 0 bridgehead atoms. The Kier molecular flexibility index (Phi) is 5.83. The summed E-state index contributed by atoms with van der Waals surface area (Å²) in [7, 11) is 0. The standard InChI is InChI=1S/C15H11Cl6N3/c16-8-1-3-10(14(20)12(8)18)23-5-22-6-24(7-23)11-4-2-9(17)13(19)15(11)21/h1-4,22H,5-7H2. The highest BCUT2D eigenvalue weighted by Gasteiger charge is 2.23. The monoisotopic (exact) mass is 443 g/mol. The van der Waals surface area contributed by atoms with Crippen molar-refractivity contribution in [1.82, 2.24) is 5.32 Å². The summed E-state index contributed by atoms with van der Waals surface area (Å²) in [6.45, 7) is 1.75. The molecule has 0 unspecified atom stereocenters. The van der Waals surface area contributed by atoms with Gasteiger partial charge < -0.3 is 9.80 Å². The molecule has 9 heteroatoms. The van der Waals surface area contributed by atoms with Crippen LogP contribution in [0.4, 0.5) is 11.4 Å². The molecule has 1 aliphatic heterocycles. The maximum Gasteiger partial charge on any atom is 0.0929 e. The second-order valence-corrected chi connectivity index (χ2v) is 7.50. The number of nitrogens with one attached hydrogen (secondary N) is 1. The lowest BCUT2D eigenvalue weighted by Crippen LogP contribution is -2.53. The van der Waals surface area contributed by atoms with Crippen LogP contribution in [-0.4, -0.2) is 20.0 Å². The van der Waals surface area contributed by atoms with E-state index in [-0.39, 0.29) is 0 Å². The normalized spacial score (nSPS) is 15.1. The van der Waals surface area contributed by atoms with E-state index in [1.54, 1.807) is 12.1 Å². The minimum Gasteiger partial charge on any atom is -0.340 e. The largest absolute Gasteiger partial charge is 0.340 e. The Balaban J connectivity index is 1.91. The Morgan fingerprint density at radius 1 is 0.625 bits per heavy atom. The first-order valence-electron chi connectivity index (χ1n) is 6.87. The molecule has 0 spiro atoms. The van der Waals surface area contributed by atoms with Crippen molar-refractivity contribution in [1.29, 1.82) is 0 Å². The minimum absolute atomic E-state index is 0.334. The third-order valence-corrected chi connectivity index (χ3v) is 6.22. The number of halogens is 6. The molecule has 2 aromatic rings. The van der Waals surface area contributed by atoms with Crippen LogP contribution in [0.5, 0.6) is 0 Å². The minimum atomic E-state index is 0.334. The molecule has 0 aliphatic carbocycles. The van der Waals surface area contributed by atoms with Gasteiger partial charge in [0.1, 0.15) is 0 Å². The maximum atomic E-state index is 6.33. The van der Waals surface area contributed by atoms with Gasteiger partial charge >= 0.3 is 0 Å². The quantitative estimate of drug-likeness (QED) is 0.540. The first-order valence-corrected chi connectivity index (χ1v) is 9.14. The van der Waals surface area contributed by atoms with Crippen LogP contribution in [0.2, 0.25) is 30.1 Å². The Morgan fingerprint density at radius 3 is 1.46 bits per heavy atom. The van der Waals surface area contributed by atoms with Gasteiger partial charge in [0, 0.05) is 0 Å². The van der Waals surface area contributed by atoms with Crippen molar-refractivity contribution in [3.63, 3.8) is 0 Å². The molecule has 0 saturated carbocycles. The van der Waals surface area contributed by atoms with E-state index in [1.165, 1.54) is 0 Å². The fraction of sp³-hybridized carbons (Fsp3) is 0.200. The molecular formula is C15H11Cl6N3. The van der Waals surface area contributed by atoms with Gasteiger partial charge in [-0.15, -0.1) is 0 Å². The van der Waals surface area contributed by atoms with E-state index in [4.69, 9.17) is 69.6 Å². The van der Waals surface area contributed by atoms with Crippen molar-refractivity contribution in [2.75, 3.05) is 29.8 Å². The number of hydrogen-bond donors (Lipinski definition) is 1. The van der Waals surface area contributed by atoms with Crippen molar-refractivity contribution in [2.24, 2.45) is 0 Å². The zero-order valence-corrected chi connectivity index (χ0v) is 16.6. The molecule has 1 aliphatic rings. The van der Waals surface area contributed by atoms with Gasteiger partial charge in [-0.05, 0) is 24.3 Å². The van der Waals surface area contributed by atoms with Gasteiger partial charge in [0.15, 0.2) is 0 Å².